The fourth-order valence-electron chi connectivity index (χ4n) is 2.14. The van der Waals surface area contributed by atoms with Crippen molar-refractivity contribution in [2.45, 2.75) is 0 Å². The number of rotatable bonds is 0. The Hall–Kier alpha value is -2.00. The van der Waals surface area contributed by atoms with E-state index in [1.807, 2.05) is 30.6 Å². The number of hydrogen-bond donors (Lipinski definition) is 0. The van der Waals surface area contributed by atoms with Gasteiger partial charge in [0.25, 0.3) is 0 Å². The number of aromatic nitrogens is 2. The highest BCUT2D eigenvalue weighted by Gasteiger charge is 2.07. The summed E-state index contributed by atoms with van der Waals surface area (Å²) in [6.07, 6.45) is 3.73. The minimum atomic E-state index is 1.05. The first-order valence-corrected chi connectivity index (χ1v) is 6.25. The van der Waals surface area contributed by atoms with Crippen LogP contribution in [0.15, 0.2) is 48.8 Å². The predicted octanol–water partition coefficient (Wildman–Crippen LogP) is 4.00. The van der Waals surface area contributed by atoms with Crippen molar-refractivity contribution < 1.29 is 0 Å². The molecule has 0 bridgehead atoms. The highest BCUT2D eigenvalue weighted by molar-refractivity contribution is 7.25. The Morgan fingerprint density at radius 1 is 1.00 bits per heavy atom. The fourth-order valence-corrected chi connectivity index (χ4v) is 3.21. The molecule has 0 unspecified atom stereocenters. The summed E-state index contributed by atoms with van der Waals surface area (Å²) in [4.78, 5) is 8.91. The number of thiophene rings is 1. The van der Waals surface area contributed by atoms with Gasteiger partial charge in [0, 0.05) is 23.2 Å². The summed E-state index contributed by atoms with van der Waals surface area (Å²) in [5.74, 6) is 0. The number of nitrogens with zero attached hydrogens (tertiary/aromatic N) is 2. The number of para-hydroxylation sites is 1. The van der Waals surface area contributed by atoms with Crippen molar-refractivity contribution in [1.29, 1.82) is 0 Å². The average molecular weight is 236 g/mol. The van der Waals surface area contributed by atoms with Gasteiger partial charge in [-0.25, -0.2) is 4.98 Å². The molecule has 0 aliphatic carbocycles. The lowest BCUT2D eigenvalue weighted by Gasteiger charge is -1.96. The van der Waals surface area contributed by atoms with E-state index < -0.39 is 0 Å². The van der Waals surface area contributed by atoms with Crippen LogP contribution in [-0.2, 0) is 0 Å². The molecule has 0 saturated carbocycles. The number of fused-ring (bicyclic) bond motifs is 4. The van der Waals surface area contributed by atoms with Crippen LogP contribution in [0.4, 0.5) is 0 Å². The normalized spacial score (nSPS) is 11.5. The van der Waals surface area contributed by atoms with E-state index in [0.717, 1.165) is 11.0 Å². The summed E-state index contributed by atoms with van der Waals surface area (Å²) in [7, 11) is 0. The van der Waals surface area contributed by atoms with Gasteiger partial charge in [0.2, 0.25) is 0 Å². The Kier molecular flexibility index (Phi) is 1.73. The van der Waals surface area contributed by atoms with Crippen molar-refractivity contribution in [2.75, 3.05) is 0 Å². The summed E-state index contributed by atoms with van der Waals surface area (Å²) in [5.41, 5.74) is 2.14. The van der Waals surface area contributed by atoms with Gasteiger partial charge in [0.1, 0.15) is 0 Å². The number of benzene rings is 1. The van der Waals surface area contributed by atoms with E-state index in [4.69, 9.17) is 4.98 Å². The summed E-state index contributed by atoms with van der Waals surface area (Å²) >= 11 is 1.75. The Balaban J connectivity index is 2.28. The zero-order chi connectivity index (χ0) is 11.2. The molecule has 3 aromatic heterocycles. The highest BCUT2D eigenvalue weighted by atomic mass is 32.1. The van der Waals surface area contributed by atoms with Crippen LogP contribution in [0, 0.1) is 0 Å². The maximum atomic E-state index is 4.75. The van der Waals surface area contributed by atoms with Crippen LogP contribution in [0.2, 0.25) is 0 Å². The molecule has 80 valence electrons. The van der Waals surface area contributed by atoms with E-state index >= 15 is 0 Å². The van der Waals surface area contributed by atoms with E-state index in [9.17, 15) is 0 Å². The molecule has 1 aromatic carbocycles. The van der Waals surface area contributed by atoms with E-state index in [2.05, 4.69) is 23.2 Å². The second-order valence-electron chi connectivity index (χ2n) is 4.00. The molecule has 0 N–H and O–H groups in total. The maximum absolute atomic E-state index is 4.75. The second kappa shape index (κ2) is 3.25. The monoisotopic (exact) mass is 236 g/mol. The SMILES string of the molecule is c1ccc2nc3c(cc2c1)sc1cnccc13. The van der Waals surface area contributed by atoms with E-state index in [1.165, 1.54) is 20.2 Å². The average Bonchev–Trinajstić information content (AvgIpc) is 2.73. The largest absolute Gasteiger partial charge is 0.263 e. The Labute approximate surface area is 102 Å². The molecule has 0 atom stereocenters. The molecule has 2 nitrogen and oxygen atoms in total. The first-order valence-electron chi connectivity index (χ1n) is 5.44. The zero-order valence-corrected chi connectivity index (χ0v) is 9.74. The molecular weight excluding hydrogens is 228 g/mol. The molecular formula is C14H8N2S. The van der Waals surface area contributed by atoms with Crippen LogP contribution in [-0.4, -0.2) is 9.97 Å². The highest BCUT2D eigenvalue weighted by Crippen LogP contribution is 2.33. The van der Waals surface area contributed by atoms with Gasteiger partial charge < -0.3 is 0 Å². The predicted molar refractivity (Wildman–Crippen MR) is 72.4 cm³/mol. The smallest absolute Gasteiger partial charge is 0.0897 e. The summed E-state index contributed by atoms with van der Waals surface area (Å²) in [5, 5.41) is 2.39. The third kappa shape index (κ3) is 1.26. The third-order valence-electron chi connectivity index (χ3n) is 2.95. The minimum absolute atomic E-state index is 1.05. The van der Waals surface area contributed by atoms with Crippen LogP contribution in [0.1, 0.15) is 0 Å². The first-order chi connectivity index (χ1) is 8.42. The van der Waals surface area contributed by atoms with Crippen molar-refractivity contribution in [3.05, 3.63) is 48.8 Å². The molecule has 17 heavy (non-hydrogen) atoms. The van der Waals surface area contributed by atoms with Crippen LogP contribution >= 0.6 is 11.3 Å². The van der Waals surface area contributed by atoms with E-state index in [1.54, 1.807) is 11.3 Å². The molecule has 0 aliphatic rings. The van der Waals surface area contributed by atoms with Gasteiger partial charge in [-0.1, -0.05) is 18.2 Å². The second-order valence-corrected chi connectivity index (χ2v) is 5.09. The quantitative estimate of drug-likeness (QED) is 0.461. The van der Waals surface area contributed by atoms with Crippen molar-refractivity contribution >= 4 is 42.5 Å². The molecule has 0 spiro atoms. The molecule has 0 fully saturated rings. The van der Waals surface area contributed by atoms with E-state index in [0.29, 0.717) is 0 Å². The van der Waals surface area contributed by atoms with Gasteiger partial charge in [0.05, 0.1) is 20.4 Å². The van der Waals surface area contributed by atoms with Crippen LogP contribution in [0.5, 0.6) is 0 Å². The first kappa shape index (κ1) is 9.07. The Morgan fingerprint density at radius 2 is 1.94 bits per heavy atom. The topological polar surface area (TPSA) is 25.8 Å². The molecule has 3 heterocycles. The molecule has 0 radical (unpaired) electrons. The van der Waals surface area contributed by atoms with Crippen molar-refractivity contribution in [1.82, 2.24) is 9.97 Å². The van der Waals surface area contributed by atoms with Crippen LogP contribution in [0.3, 0.4) is 0 Å². The lowest BCUT2D eigenvalue weighted by atomic mass is 10.2. The standard InChI is InChI=1S/C14H8N2S/c1-2-4-11-9(3-1)7-12-14(16-11)10-5-6-15-8-13(10)17-12/h1-8H. The summed E-state index contributed by atoms with van der Waals surface area (Å²) in [6, 6.07) is 12.5. The van der Waals surface area contributed by atoms with Crippen molar-refractivity contribution in [3.63, 3.8) is 0 Å². The van der Waals surface area contributed by atoms with Crippen molar-refractivity contribution in [2.24, 2.45) is 0 Å². The summed E-state index contributed by atoms with van der Waals surface area (Å²) < 4.78 is 2.43. The lowest BCUT2D eigenvalue weighted by Crippen LogP contribution is -1.78. The summed E-state index contributed by atoms with van der Waals surface area (Å²) in [6.45, 7) is 0. The molecule has 4 rings (SSSR count). The van der Waals surface area contributed by atoms with Gasteiger partial charge >= 0.3 is 0 Å². The van der Waals surface area contributed by atoms with Gasteiger partial charge in [0.15, 0.2) is 0 Å². The fraction of sp³-hybridized carbons (Fsp3) is 0. The molecule has 4 aromatic rings. The van der Waals surface area contributed by atoms with Crippen molar-refractivity contribution in [3.8, 4) is 0 Å². The van der Waals surface area contributed by atoms with Gasteiger partial charge in [-0.05, 0) is 18.2 Å². The number of pyridine rings is 2. The minimum Gasteiger partial charge on any atom is -0.263 e. The molecule has 0 aliphatic heterocycles. The zero-order valence-electron chi connectivity index (χ0n) is 8.92. The van der Waals surface area contributed by atoms with Gasteiger partial charge in [-0.3, -0.25) is 4.98 Å². The third-order valence-corrected chi connectivity index (χ3v) is 4.02. The van der Waals surface area contributed by atoms with Crippen LogP contribution in [0.25, 0.3) is 31.2 Å². The molecule has 0 amide bonds. The van der Waals surface area contributed by atoms with Gasteiger partial charge in [-0.2, -0.15) is 0 Å². The van der Waals surface area contributed by atoms with Crippen LogP contribution < -0.4 is 0 Å². The maximum Gasteiger partial charge on any atom is 0.0897 e. The Morgan fingerprint density at radius 3 is 2.94 bits per heavy atom. The molecule has 3 heteroatoms. The molecule has 0 saturated heterocycles. The lowest BCUT2D eigenvalue weighted by molar-refractivity contribution is 1.37. The van der Waals surface area contributed by atoms with E-state index in [-0.39, 0.29) is 0 Å². The number of hydrogen-bond acceptors (Lipinski definition) is 3. The Bertz CT molecular complexity index is 842. The van der Waals surface area contributed by atoms with Gasteiger partial charge in [-0.15, -0.1) is 11.3 Å².